The van der Waals surface area contributed by atoms with Crippen LogP contribution in [0, 0.1) is 5.92 Å². The summed E-state index contributed by atoms with van der Waals surface area (Å²) in [7, 11) is 0. The topological polar surface area (TPSA) is 76.6 Å². The highest BCUT2D eigenvalue weighted by atomic mass is 16.2. The standard InChI is InChI=1S/C31H44N6O/c1-24(26-9-5-4-6-10-26)34-30-28-21-29(35-31(28)33-23-32-30)27-13-11-25(12-14-27)22-37-18-16-36(17-19-37)15-7-2-3-8-20-38/h4-6,9-11,13-14,23-25,29,38H,2-3,7-8,12,15-22H2,1H3,(H2,32,33,34,35)/t24-,25?,29?/m1/s1. The molecule has 2 aliphatic heterocycles. The molecule has 5 rings (SSSR count). The third kappa shape index (κ3) is 7.01. The minimum Gasteiger partial charge on any atom is -0.396 e. The van der Waals surface area contributed by atoms with Gasteiger partial charge < -0.3 is 25.5 Å². The van der Waals surface area contributed by atoms with Crippen LogP contribution in [0.25, 0.3) is 0 Å². The van der Waals surface area contributed by atoms with Gasteiger partial charge in [-0.2, -0.15) is 0 Å². The number of nitrogens with one attached hydrogen (secondary N) is 2. The summed E-state index contributed by atoms with van der Waals surface area (Å²) in [6.45, 7) is 9.58. The van der Waals surface area contributed by atoms with Crippen molar-refractivity contribution in [3.05, 3.63) is 71.6 Å². The molecule has 3 atom stereocenters. The van der Waals surface area contributed by atoms with E-state index in [2.05, 4.69) is 79.8 Å². The fraction of sp³-hybridized carbons (Fsp3) is 0.548. The van der Waals surface area contributed by atoms with Gasteiger partial charge in [0, 0.05) is 57.4 Å². The lowest BCUT2D eigenvalue weighted by Crippen LogP contribution is -2.47. The first-order chi connectivity index (χ1) is 18.7. The fourth-order valence-electron chi connectivity index (χ4n) is 5.91. The maximum atomic E-state index is 8.92. The molecule has 1 fully saturated rings. The summed E-state index contributed by atoms with van der Waals surface area (Å²) in [5, 5.41) is 16.2. The van der Waals surface area contributed by atoms with Crippen LogP contribution >= 0.6 is 0 Å². The van der Waals surface area contributed by atoms with E-state index < -0.39 is 0 Å². The van der Waals surface area contributed by atoms with Crippen LogP contribution in [0.3, 0.4) is 0 Å². The number of benzene rings is 1. The number of unbranched alkanes of at least 4 members (excludes halogenated alkanes) is 3. The van der Waals surface area contributed by atoms with Gasteiger partial charge in [-0.05, 0) is 49.8 Å². The molecule has 2 aromatic rings. The highest BCUT2D eigenvalue weighted by Gasteiger charge is 2.29. The Labute approximate surface area is 228 Å². The van der Waals surface area contributed by atoms with Crippen LogP contribution in [0.4, 0.5) is 11.6 Å². The second-order valence-electron chi connectivity index (χ2n) is 11.1. The van der Waals surface area contributed by atoms with Crippen molar-refractivity contribution in [3.8, 4) is 0 Å². The number of aromatic nitrogens is 2. The molecule has 0 saturated carbocycles. The zero-order valence-electron chi connectivity index (χ0n) is 22.9. The fourth-order valence-corrected chi connectivity index (χ4v) is 5.91. The smallest absolute Gasteiger partial charge is 0.135 e. The summed E-state index contributed by atoms with van der Waals surface area (Å²) in [6.07, 6.45) is 15.5. The van der Waals surface area contributed by atoms with E-state index in [1.807, 2.05) is 6.07 Å². The van der Waals surface area contributed by atoms with Crippen molar-refractivity contribution in [2.45, 2.75) is 57.5 Å². The molecular formula is C31H44N6O. The average Bonchev–Trinajstić information content (AvgIpc) is 3.40. The Hall–Kier alpha value is -2.74. The molecule has 3 heterocycles. The van der Waals surface area contributed by atoms with Crippen LogP contribution in [0.1, 0.15) is 56.2 Å². The Morgan fingerprint density at radius 3 is 2.58 bits per heavy atom. The first kappa shape index (κ1) is 26.9. The predicted molar refractivity (Wildman–Crippen MR) is 155 cm³/mol. The van der Waals surface area contributed by atoms with Gasteiger partial charge in [-0.3, -0.25) is 0 Å². The minimum absolute atomic E-state index is 0.183. The number of aliphatic hydroxyl groups excluding tert-OH is 1. The number of hydrogen-bond acceptors (Lipinski definition) is 7. The zero-order chi connectivity index (χ0) is 26.2. The summed E-state index contributed by atoms with van der Waals surface area (Å²) in [5.41, 5.74) is 3.80. The maximum absolute atomic E-state index is 8.92. The number of piperazine rings is 1. The summed E-state index contributed by atoms with van der Waals surface area (Å²) >= 11 is 0. The number of hydrogen-bond donors (Lipinski definition) is 3. The van der Waals surface area contributed by atoms with Gasteiger partial charge in [-0.1, -0.05) is 61.4 Å². The SMILES string of the molecule is C[C@@H](Nc1ncnc2c1CC(C1=CCC(CN3CCN(CCCCCCO)CC3)C=C1)N2)c1ccccc1. The number of allylic oxidation sites excluding steroid dienone is 1. The summed E-state index contributed by atoms with van der Waals surface area (Å²) < 4.78 is 0. The number of fused-ring (bicyclic) bond motifs is 1. The van der Waals surface area contributed by atoms with Crippen LogP contribution in [-0.2, 0) is 6.42 Å². The van der Waals surface area contributed by atoms with Gasteiger partial charge >= 0.3 is 0 Å². The Kier molecular flexibility index (Phi) is 9.44. The van der Waals surface area contributed by atoms with Crippen molar-refractivity contribution < 1.29 is 5.11 Å². The van der Waals surface area contributed by atoms with Gasteiger partial charge in [0.25, 0.3) is 0 Å². The Balaban J connectivity index is 1.07. The maximum Gasteiger partial charge on any atom is 0.135 e. The van der Waals surface area contributed by atoms with Crippen LogP contribution in [0.15, 0.2) is 60.5 Å². The van der Waals surface area contributed by atoms with Crippen LogP contribution in [0.5, 0.6) is 0 Å². The molecule has 204 valence electrons. The highest BCUT2D eigenvalue weighted by Crippen LogP contribution is 2.34. The Morgan fingerprint density at radius 2 is 1.82 bits per heavy atom. The lowest BCUT2D eigenvalue weighted by atomic mass is 9.91. The van der Waals surface area contributed by atoms with Gasteiger partial charge in [0.2, 0.25) is 0 Å². The average molecular weight is 517 g/mol. The molecule has 3 N–H and O–H groups in total. The quantitative estimate of drug-likeness (QED) is 0.354. The third-order valence-corrected chi connectivity index (χ3v) is 8.28. The molecule has 0 radical (unpaired) electrons. The van der Waals surface area contributed by atoms with E-state index in [1.165, 1.54) is 62.3 Å². The molecule has 38 heavy (non-hydrogen) atoms. The Bertz CT molecular complexity index is 1080. The van der Waals surface area contributed by atoms with E-state index in [0.717, 1.165) is 43.9 Å². The van der Waals surface area contributed by atoms with E-state index in [1.54, 1.807) is 6.33 Å². The summed E-state index contributed by atoms with van der Waals surface area (Å²) in [5.74, 6) is 2.48. The highest BCUT2D eigenvalue weighted by molar-refractivity contribution is 5.64. The molecule has 0 bridgehead atoms. The molecular weight excluding hydrogens is 472 g/mol. The number of anilines is 2. The molecule has 0 amide bonds. The number of rotatable bonds is 12. The normalized spacial score (nSPS) is 22.5. The second kappa shape index (κ2) is 13.4. The largest absolute Gasteiger partial charge is 0.396 e. The molecule has 3 aliphatic rings. The Morgan fingerprint density at radius 1 is 1.03 bits per heavy atom. The molecule has 0 spiro atoms. The molecule has 1 aliphatic carbocycles. The van der Waals surface area contributed by atoms with E-state index in [4.69, 9.17) is 5.11 Å². The molecule has 7 nitrogen and oxygen atoms in total. The first-order valence-electron chi connectivity index (χ1n) is 14.6. The van der Waals surface area contributed by atoms with Crippen molar-refractivity contribution in [3.63, 3.8) is 0 Å². The van der Waals surface area contributed by atoms with Gasteiger partial charge in [-0.25, -0.2) is 9.97 Å². The predicted octanol–water partition coefficient (Wildman–Crippen LogP) is 4.66. The van der Waals surface area contributed by atoms with Crippen molar-refractivity contribution in [1.29, 1.82) is 0 Å². The number of aliphatic hydroxyl groups is 1. The molecule has 1 aromatic carbocycles. The summed E-state index contributed by atoms with van der Waals surface area (Å²) in [6, 6.07) is 10.9. The van der Waals surface area contributed by atoms with Crippen LogP contribution in [0.2, 0.25) is 0 Å². The molecule has 2 unspecified atom stereocenters. The van der Waals surface area contributed by atoms with Crippen LogP contribution in [-0.4, -0.2) is 76.8 Å². The summed E-state index contributed by atoms with van der Waals surface area (Å²) in [4.78, 5) is 14.4. The lowest BCUT2D eigenvalue weighted by Gasteiger charge is -2.36. The van der Waals surface area contributed by atoms with Crippen molar-refractivity contribution in [1.82, 2.24) is 19.8 Å². The first-order valence-corrected chi connectivity index (χ1v) is 14.6. The van der Waals surface area contributed by atoms with Crippen molar-refractivity contribution in [2.24, 2.45) is 5.92 Å². The van der Waals surface area contributed by atoms with Crippen molar-refractivity contribution >= 4 is 11.6 Å². The third-order valence-electron chi connectivity index (χ3n) is 8.28. The minimum atomic E-state index is 0.183. The zero-order valence-corrected chi connectivity index (χ0v) is 22.9. The van der Waals surface area contributed by atoms with Crippen LogP contribution < -0.4 is 10.6 Å². The molecule has 1 saturated heterocycles. The molecule has 1 aromatic heterocycles. The van der Waals surface area contributed by atoms with E-state index in [9.17, 15) is 0 Å². The molecule has 7 heteroatoms. The van der Waals surface area contributed by atoms with Gasteiger partial charge in [0.05, 0.1) is 6.04 Å². The van der Waals surface area contributed by atoms with Gasteiger partial charge in [0.1, 0.15) is 18.0 Å². The van der Waals surface area contributed by atoms with E-state index in [-0.39, 0.29) is 12.1 Å². The van der Waals surface area contributed by atoms with E-state index in [0.29, 0.717) is 12.5 Å². The lowest BCUT2D eigenvalue weighted by molar-refractivity contribution is 0.122. The number of nitrogens with zero attached hydrogens (tertiary/aromatic N) is 4. The van der Waals surface area contributed by atoms with Crippen molar-refractivity contribution in [2.75, 3.05) is 56.5 Å². The monoisotopic (exact) mass is 516 g/mol. The van der Waals surface area contributed by atoms with Gasteiger partial charge in [0.15, 0.2) is 0 Å². The van der Waals surface area contributed by atoms with Gasteiger partial charge in [-0.15, -0.1) is 0 Å². The van der Waals surface area contributed by atoms with E-state index >= 15 is 0 Å². The second-order valence-corrected chi connectivity index (χ2v) is 11.1.